The molecule has 0 aromatic heterocycles. The first kappa shape index (κ1) is 16.1. The molecule has 4 nitrogen and oxygen atoms in total. The Balaban J connectivity index is 1.43. The van der Waals surface area contributed by atoms with Crippen molar-refractivity contribution >= 4 is 11.7 Å². The van der Waals surface area contributed by atoms with Crippen LogP contribution in [0.3, 0.4) is 0 Å². The van der Waals surface area contributed by atoms with Crippen LogP contribution in [0.5, 0.6) is 0 Å². The summed E-state index contributed by atoms with van der Waals surface area (Å²) in [5.74, 6) is 0.0388. The second-order valence-electron chi connectivity index (χ2n) is 6.44. The maximum Gasteiger partial charge on any atom is 0.222 e. The normalized spacial score (nSPS) is 20.2. The van der Waals surface area contributed by atoms with Crippen molar-refractivity contribution in [1.82, 2.24) is 9.80 Å². The number of likely N-dealkylation sites (tertiary alicyclic amines) is 2. The number of piperidine rings is 1. The fourth-order valence-electron chi connectivity index (χ4n) is 3.55. The van der Waals surface area contributed by atoms with E-state index in [0.29, 0.717) is 30.4 Å². The van der Waals surface area contributed by atoms with Crippen molar-refractivity contribution in [3.63, 3.8) is 0 Å². The SMILES string of the molecule is O=C(CCN1CCC(N2CCCC2=O)CC1)c1ccc(F)cc1. The van der Waals surface area contributed by atoms with Crippen molar-refractivity contribution in [2.75, 3.05) is 26.2 Å². The maximum atomic E-state index is 12.9. The Bertz CT molecular complexity index is 565. The highest BCUT2D eigenvalue weighted by Gasteiger charge is 2.30. The summed E-state index contributed by atoms with van der Waals surface area (Å²) in [5.41, 5.74) is 0.573. The fourth-order valence-corrected chi connectivity index (χ4v) is 3.55. The molecular weight excluding hydrogens is 295 g/mol. The lowest BCUT2D eigenvalue weighted by atomic mass is 10.0. The van der Waals surface area contributed by atoms with Crippen molar-refractivity contribution in [3.05, 3.63) is 35.6 Å². The minimum absolute atomic E-state index is 0.0573. The van der Waals surface area contributed by atoms with E-state index >= 15 is 0 Å². The molecule has 0 atom stereocenters. The molecule has 0 unspecified atom stereocenters. The number of benzene rings is 1. The number of carbonyl (C=O) groups excluding carboxylic acids is 2. The van der Waals surface area contributed by atoms with E-state index < -0.39 is 0 Å². The Labute approximate surface area is 136 Å². The van der Waals surface area contributed by atoms with Crippen LogP contribution in [0.15, 0.2) is 24.3 Å². The third-order valence-electron chi connectivity index (χ3n) is 4.93. The number of hydrogen-bond donors (Lipinski definition) is 0. The first-order valence-corrected chi connectivity index (χ1v) is 8.44. The van der Waals surface area contributed by atoms with E-state index in [0.717, 1.165) is 45.4 Å². The van der Waals surface area contributed by atoms with Gasteiger partial charge in [0.05, 0.1) is 0 Å². The topological polar surface area (TPSA) is 40.6 Å². The third kappa shape index (κ3) is 3.96. The number of carbonyl (C=O) groups is 2. The number of halogens is 1. The molecule has 0 spiro atoms. The zero-order valence-electron chi connectivity index (χ0n) is 13.3. The highest BCUT2D eigenvalue weighted by Crippen LogP contribution is 2.22. The summed E-state index contributed by atoms with van der Waals surface area (Å²) < 4.78 is 12.9. The quantitative estimate of drug-likeness (QED) is 0.783. The first-order valence-electron chi connectivity index (χ1n) is 8.44. The molecule has 1 aromatic rings. The molecule has 0 saturated carbocycles. The monoisotopic (exact) mass is 318 g/mol. The molecule has 2 aliphatic rings. The van der Waals surface area contributed by atoms with Gasteiger partial charge in [0.15, 0.2) is 5.78 Å². The molecule has 0 bridgehead atoms. The van der Waals surface area contributed by atoms with E-state index in [2.05, 4.69) is 4.90 Å². The van der Waals surface area contributed by atoms with Gasteiger partial charge in [-0.1, -0.05) is 0 Å². The molecular formula is C18H23FN2O2. The van der Waals surface area contributed by atoms with E-state index in [1.165, 1.54) is 12.1 Å². The lowest BCUT2D eigenvalue weighted by Crippen LogP contribution is -2.45. The molecule has 2 aliphatic heterocycles. The van der Waals surface area contributed by atoms with Crippen LogP contribution in [0.4, 0.5) is 4.39 Å². The average Bonchev–Trinajstić information content (AvgIpc) is 3.00. The second-order valence-corrected chi connectivity index (χ2v) is 6.44. The predicted octanol–water partition coefficient (Wildman–Crippen LogP) is 2.49. The van der Waals surface area contributed by atoms with Gasteiger partial charge in [0, 0.05) is 50.6 Å². The van der Waals surface area contributed by atoms with Crippen LogP contribution in [0.2, 0.25) is 0 Å². The number of ketones is 1. The van der Waals surface area contributed by atoms with Gasteiger partial charge in [0.25, 0.3) is 0 Å². The number of hydrogen-bond acceptors (Lipinski definition) is 3. The molecule has 3 rings (SSSR count). The van der Waals surface area contributed by atoms with Gasteiger partial charge in [0.1, 0.15) is 5.82 Å². The number of Topliss-reactive ketones (excluding diaryl/α,β-unsaturated/α-hetero) is 1. The van der Waals surface area contributed by atoms with E-state index in [1.807, 2.05) is 4.90 Å². The Morgan fingerprint density at radius 2 is 1.83 bits per heavy atom. The van der Waals surface area contributed by atoms with Gasteiger partial charge in [-0.15, -0.1) is 0 Å². The minimum atomic E-state index is -0.319. The van der Waals surface area contributed by atoms with Gasteiger partial charge in [-0.25, -0.2) is 4.39 Å². The van der Waals surface area contributed by atoms with Crippen molar-refractivity contribution < 1.29 is 14.0 Å². The van der Waals surface area contributed by atoms with Crippen molar-refractivity contribution in [3.8, 4) is 0 Å². The van der Waals surface area contributed by atoms with Crippen LogP contribution in [0, 0.1) is 5.82 Å². The van der Waals surface area contributed by atoms with Gasteiger partial charge in [-0.05, 0) is 43.5 Å². The standard InChI is InChI=1S/C18H23FN2O2/c19-15-5-3-14(4-6-15)17(22)9-13-20-11-7-16(8-12-20)21-10-1-2-18(21)23/h3-6,16H,1-2,7-13H2. The molecule has 2 heterocycles. The van der Waals surface area contributed by atoms with Crippen molar-refractivity contribution in [1.29, 1.82) is 0 Å². The smallest absolute Gasteiger partial charge is 0.222 e. The summed E-state index contributed by atoms with van der Waals surface area (Å²) in [4.78, 5) is 28.2. The maximum absolute atomic E-state index is 12.9. The highest BCUT2D eigenvalue weighted by molar-refractivity contribution is 5.96. The van der Waals surface area contributed by atoms with Crippen LogP contribution >= 0.6 is 0 Å². The van der Waals surface area contributed by atoms with E-state index in [9.17, 15) is 14.0 Å². The van der Waals surface area contributed by atoms with Crippen LogP contribution in [0.25, 0.3) is 0 Å². The summed E-state index contributed by atoms with van der Waals surface area (Å²) in [6.07, 6.45) is 4.14. The van der Waals surface area contributed by atoms with E-state index in [1.54, 1.807) is 12.1 Å². The van der Waals surface area contributed by atoms with Gasteiger partial charge in [-0.2, -0.15) is 0 Å². The Hall–Kier alpha value is -1.75. The second kappa shape index (κ2) is 7.21. The van der Waals surface area contributed by atoms with E-state index in [4.69, 9.17) is 0 Å². The zero-order chi connectivity index (χ0) is 16.2. The van der Waals surface area contributed by atoms with Gasteiger partial charge < -0.3 is 9.80 Å². The largest absolute Gasteiger partial charge is 0.340 e. The summed E-state index contributed by atoms with van der Waals surface area (Å²) >= 11 is 0. The predicted molar refractivity (Wildman–Crippen MR) is 85.8 cm³/mol. The summed E-state index contributed by atoms with van der Waals surface area (Å²) in [5, 5.41) is 0. The van der Waals surface area contributed by atoms with Crippen LogP contribution in [0.1, 0.15) is 42.5 Å². The molecule has 23 heavy (non-hydrogen) atoms. The summed E-state index contributed by atoms with van der Waals surface area (Å²) in [6.45, 7) is 3.51. The molecule has 1 aromatic carbocycles. The average molecular weight is 318 g/mol. The Kier molecular flexibility index (Phi) is 5.06. The minimum Gasteiger partial charge on any atom is -0.340 e. The molecule has 0 aliphatic carbocycles. The van der Waals surface area contributed by atoms with E-state index in [-0.39, 0.29) is 11.6 Å². The molecule has 124 valence electrons. The van der Waals surface area contributed by atoms with Crippen molar-refractivity contribution in [2.45, 2.75) is 38.1 Å². The molecule has 2 fully saturated rings. The third-order valence-corrected chi connectivity index (χ3v) is 4.93. The molecule has 0 N–H and O–H groups in total. The van der Waals surface area contributed by atoms with Crippen molar-refractivity contribution in [2.24, 2.45) is 0 Å². The number of amides is 1. The lowest BCUT2D eigenvalue weighted by molar-refractivity contribution is -0.130. The van der Waals surface area contributed by atoms with Crippen LogP contribution < -0.4 is 0 Å². The lowest BCUT2D eigenvalue weighted by Gasteiger charge is -2.36. The van der Waals surface area contributed by atoms with Gasteiger partial charge in [0.2, 0.25) is 5.91 Å². The molecule has 1 amide bonds. The van der Waals surface area contributed by atoms with Gasteiger partial charge >= 0.3 is 0 Å². The molecule has 0 radical (unpaired) electrons. The highest BCUT2D eigenvalue weighted by atomic mass is 19.1. The van der Waals surface area contributed by atoms with Gasteiger partial charge in [-0.3, -0.25) is 9.59 Å². The van der Waals surface area contributed by atoms with Crippen LogP contribution in [-0.4, -0.2) is 53.7 Å². The molecule has 5 heteroatoms. The summed E-state index contributed by atoms with van der Waals surface area (Å²) in [6, 6.07) is 6.12. The zero-order valence-corrected chi connectivity index (χ0v) is 13.3. The number of rotatable bonds is 5. The fraction of sp³-hybridized carbons (Fsp3) is 0.556. The van der Waals surface area contributed by atoms with Crippen LogP contribution in [-0.2, 0) is 4.79 Å². The Morgan fingerprint density at radius 3 is 2.43 bits per heavy atom. The summed E-state index contributed by atoms with van der Waals surface area (Å²) in [7, 11) is 0. The molecule has 2 saturated heterocycles. The Morgan fingerprint density at radius 1 is 1.13 bits per heavy atom. The first-order chi connectivity index (χ1) is 11.1. The number of nitrogens with zero attached hydrogens (tertiary/aromatic N) is 2.